The summed E-state index contributed by atoms with van der Waals surface area (Å²) in [6, 6.07) is 2.11. The topological polar surface area (TPSA) is 46.9 Å². The number of aryl methyl sites for hydroxylation is 2. The van der Waals surface area contributed by atoms with Gasteiger partial charge in [0.25, 0.3) is 0 Å². The Kier molecular flexibility index (Phi) is 5.17. The molecule has 2 aromatic rings. The Labute approximate surface area is 144 Å². The van der Waals surface area contributed by atoms with E-state index < -0.39 is 17.5 Å². The molecule has 116 valence electrons. The number of nitrogens with zero attached hydrogens (tertiary/aromatic N) is 2. The van der Waals surface area contributed by atoms with Gasteiger partial charge in [-0.05, 0) is 47.7 Å². The Morgan fingerprint density at radius 3 is 2.50 bits per heavy atom. The maximum Gasteiger partial charge on any atom is 0.248 e. The van der Waals surface area contributed by atoms with Crippen molar-refractivity contribution in [1.82, 2.24) is 9.78 Å². The third-order valence-corrected chi connectivity index (χ3v) is 4.33. The lowest BCUT2D eigenvalue weighted by atomic mass is 10.2. The van der Waals surface area contributed by atoms with E-state index in [0.29, 0.717) is 16.4 Å². The monoisotopic (exact) mass is 437 g/mol. The minimum Gasteiger partial charge on any atom is -0.322 e. The van der Waals surface area contributed by atoms with Gasteiger partial charge in [0.2, 0.25) is 5.91 Å². The summed E-state index contributed by atoms with van der Waals surface area (Å²) in [7, 11) is 1.68. The van der Waals surface area contributed by atoms with E-state index in [1.54, 1.807) is 36.6 Å². The molecule has 0 aliphatic heterocycles. The molecular formula is C14H11ClF2IN3O. The zero-order valence-electron chi connectivity index (χ0n) is 11.6. The Morgan fingerprint density at radius 1 is 1.41 bits per heavy atom. The molecule has 0 spiro atoms. The molecule has 0 atom stereocenters. The standard InChI is InChI=1S/C14H11ClF2IN3O/c1-7-9(14(15)21(2)20-7)3-4-12(22)19-8-5-10(16)13(18)11(17)6-8/h3-6H,1-2H3,(H,19,22). The first-order chi connectivity index (χ1) is 10.3. The van der Waals surface area contributed by atoms with Crippen molar-refractivity contribution in [2.24, 2.45) is 7.05 Å². The van der Waals surface area contributed by atoms with Crippen molar-refractivity contribution in [1.29, 1.82) is 0 Å². The minimum absolute atomic E-state index is 0.0408. The second-order valence-corrected chi connectivity index (χ2v) is 5.93. The van der Waals surface area contributed by atoms with Crippen molar-refractivity contribution >= 4 is 51.9 Å². The number of halogens is 4. The number of anilines is 1. The Morgan fingerprint density at radius 2 is 2.00 bits per heavy atom. The van der Waals surface area contributed by atoms with E-state index >= 15 is 0 Å². The van der Waals surface area contributed by atoms with Crippen molar-refractivity contribution < 1.29 is 13.6 Å². The summed E-state index contributed by atoms with van der Waals surface area (Å²) < 4.78 is 28.2. The van der Waals surface area contributed by atoms with Crippen LogP contribution >= 0.6 is 34.2 Å². The van der Waals surface area contributed by atoms with Gasteiger partial charge in [-0.15, -0.1) is 0 Å². The average Bonchev–Trinajstić information content (AvgIpc) is 2.67. The van der Waals surface area contributed by atoms with Gasteiger partial charge >= 0.3 is 0 Å². The predicted octanol–water partition coefficient (Wildman–Crippen LogP) is 3.92. The lowest BCUT2D eigenvalue weighted by Crippen LogP contribution is -2.08. The quantitative estimate of drug-likeness (QED) is 0.450. The van der Waals surface area contributed by atoms with Crippen LogP contribution in [-0.4, -0.2) is 15.7 Å². The van der Waals surface area contributed by atoms with Crippen LogP contribution in [0.3, 0.4) is 0 Å². The van der Waals surface area contributed by atoms with Gasteiger partial charge < -0.3 is 5.32 Å². The molecule has 0 aliphatic carbocycles. The highest BCUT2D eigenvalue weighted by Crippen LogP contribution is 2.21. The summed E-state index contributed by atoms with van der Waals surface area (Å²) in [6.07, 6.45) is 2.73. The van der Waals surface area contributed by atoms with E-state index in [4.69, 9.17) is 11.6 Å². The van der Waals surface area contributed by atoms with E-state index in [-0.39, 0.29) is 9.26 Å². The van der Waals surface area contributed by atoms with Gasteiger partial charge in [0.15, 0.2) is 0 Å². The molecule has 1 aromatic heterocycles. The summed E-state index contributed by atoms with van der Waals surface area (Å²) in [5.41, 5.74) is 1.32. The summed E-state index contributed by atoms with van der Waals surface area (Å²) >= 11 is 7.59. The van der Waals surface area contributed by atoms with Crippen LogP contribution in [0.15, 0.2) is 18.2 Å². The van der Waals surface area contributed by atoms with E-state index in [1.807, 2.05) is 0 Å². The molecule has 1 amide bonds. The smallest absolute Gasteiger partial charge is 0.248 e. The molecular weight excluding hydrogens is 427 g/mol. The number of amides is 1. The molecule has 1 heterocycles. The van der Waals surface area contributed by atoms with Crippen molar-refractivity contribution in [3.63, 3.8) is 0 Å². The van der Waals surface area contributed by atoms with E-state index in [9.17, 15) is 13.6 Å². The normalized spacial score (nSPS) is 11.2. The molecule has 0 saturated heterocycles. The number of rotatable bonds is 3. The van der Waals surface area contributed by atoms with Crippen LogP contribution in [0.1, 0.15) is 11.3 Å². The summed E-state index contributed by atoms with van der Waals surface area (Å²) in [5.74, 6) is -1.99. The van der Waals surface area contributed by atoms with Gasteiger partial charge in [0.05, 0.1) is 9.26 Å². The van der Waals surface area contributed by atoms with Gasteiger partial charge in [-0.3, -0.25) is 9.48 Å². The number of hydrogen-bond acceptors (Lipinski definition) is 2. The first-order valence-electron chi connectivity index (χ1n) is 6.12. The van der Waals surface area contributed by atoms with E-state index in [1.165, 1.54) is 16.8 Å². The highest BCUT2D eigenvalue weighted by molar-refractivity contribution is 14.1. The van der Waals surface area contributed by atoms with Crippen LogP contribution < -0.4 is 5.32 Å². The lowest BCUT2D eigenvalue weighted by Gasteiger charge is -2.04. The number of carbonyl (C=O) groups excluding carboxylic acids is 1. The molecule has 0 aliphatic rings. The fraction of sp³-hybridized carbons (Fsp3) is 0.143. The Bertz CT molecular complexity index is 751. The first-order valence-corrected chi connectivity index (χ1v) is 7.58. The van der Waals surface area contributed by atoms with Gasteiger partial charge in [-0.1, -0.05) is 11.6 Å². The summed E-state index contributed by atoms with van der Waals surface area (Å²) in [4.78, 5) is 11.8. The highest BCUT2D eigenvalue weighted by atomic mass is 127. The van der Waals surface area contributed by atoms with Crippen LogP contribution in [0.5, 0.6) is 0 Å². The minimum atomic E-state index is -0.731. The third kappa shape index (κ3) is 3.64. The molecule has 0 fully saturated rings. The summed E-state index contributed by atoms with van der Waals surface area (Å²) in [6.45, 7) is 1.76. The molecule has 0 bridgehead atoms. The number of carbonyl (C=O) groups is 1. The van der Waals surface area contributed by atoms with E-state index in [0.717, 1.165) is 12.1 Å². The molecule has 4 nitrogen and oxygen atoms in total. The lowest BCUT2D eigenvalue weighted by molar-refractivity contribution is -0.111. The van der Waals surface area contributed by atoms with Crippen molar-refractivity contribution in [2.75, 3.05) is 5.32 Å². The maximum atomic E-state index is 13.4. The predicted molar refractivity (Wildman–Crippen MR) is 89.7 cm³/mol. The fourth-order valence-corrected chi connectivity index (χ4v) is 2.36. The second-order valence-electron chi connectivity index (χ2n) is 4.49. The van der Waals surface area contributed by atoms with Gasteiger partial charge in [0, 0.05) is 24.4 Å². The zero-order chi connectivity index (χ0) is 16.4. The van der Waals surface area contributed by atoms with Gasteiger partial charge in [-0.2, -0.15) is 5.10 Å². The van der Waals surface area contributed by atoms with Crippen LogP contribution in [0.2, 0.25) is 5.15 Å². The maximum absolute atomic E-state index is 13.4. The summed E-state index contributed by atoms with van der Waals surface area (Å²) in [5, 5.41) is 6.89. The molecule has 0 saturated carbocycles. The third-order valence-electron chi connectivity index (χ3n) is 2.85. The van der Waals surface area contributed by atoms with Crippen LogP contribution in [-0.2, 0) is 11.8 Å². The molecule has 2 rings (SSSR count). The molecule has 0 radical (unpaired) electrons. The van der Waals surface area contributed by atoms with Crippen molar-refractivity contribution in [3.8, 4) is 0 Å². The zero-order valence-corrected chi connectivity index (χ0v) is 14.5. The molecule has 1 N–H and O–H groups in total. The first kappa shape index (κ1) is 16.9. The number of hydrogen-bond donors (Lipinski definition) is 1. The largest absolute Gasteiger partial charge is 0.322 e. The highest BCUT2D eigenvalue weighted by Gasteiger charge is 2.11. The van der Waals surface area contributed by atoms with Crippen molar-refractivity contribution in [2.45, 2.75) is 6.92 Å². The van der Waals surface area contributed by atoms with Crippen LogP contribution in [0.25, 0.3) is 6.08 Å². The van der Waals surface area contributed by atoms with Crippen LogP contribution in [0, 0.1) is 22.1 Å². The Hall–Kier alpha value is -1.48. The number of aromatic nitrogens is 2. The number of nitrogens with one attached hydrogen (secondary N) is 1. The SMILES string of the molecule is Cc1nn(C)c(Cl)c1C=CC(=O)Nc1cc(F)c(I)c(F)c1. The van der Waals surface area contributed by atoms with Gasteiger partial charge in [-0.25, -0.2) is 8.78 Å². The molecule has 22 heavy (non-hydrogen) atoms. The number of benzene rings is 1. The fourth-order valence-electron chi connectivity index (χ4n) is 1.81. The molecule has 1 aromatic carbocycles. The van der Waals surface area contributed by atoms with Crippen LogP contribution in [0.4, 0.5) is 14.5 Å². The average molecular weight is 438 g/mol. The molecule has 0 unspecified atom stereocenters. The van der Waals surface area contributed by atoms with Crippen molar-refractivity contribution in [3.05, 3.63) is 49.8 Å². The van der Waals surface area contributed by atoms with E-state index in [2.05, 4.69) is 10.4 Å². The molecule has 8 heteroatoms. The van der Waals surface area contributed by atoms with Gasteiger partial charge in [0.1, 0.15) is 16.8 Å². The Balaban J connectivity index is 2.15. The second kappa shape index (κ2) is 6.74.